The van der Waals surface area contributed by atoms with Gasteiger partial charge in [-0.3, -0.25) is 14.4 Å². The lowest BCUT2D eigenvalue weighted by Crippen LogP contribution is -2.57. The van der Waals surface area contributed by atoms with E-state index in [-0.39, 0.29) is 24.7 Å². The zero-order valence-electron chi connectivity index (χ0n) is 14.4. The van der Waals surface area contributed by atoms with E-state index in [2.05, 4.69) is 10.6 Å². The van der Waals surface area contributed by atoms with E-state index in [1.54, 1.807) is 27.7 Å². The molecule has 0 heterocycles. The fourth-order valence-corrected chi connectivity index (χ4v) is 1.96. The number of carboxylic acid groups (broad SMARTS) is 2. The van der Waals surface area contributed by atoms with E-state index in [1.165, 1.54) is 0 Å². The summed E-state index contributed by atoms with van der Waals surface area (Å²) in [5.74, 6) is -4.13. The largest absolute Gasteiger partial charge is 0.481 e. The second-order valence-electron chi connectivity index (χ2n) is 6.34. The minimum Gasteiger partial charge on any atom is -0.481 e. The number of amides is 2. The quantitative estimate of drug-likeness (QED) is 0.358. The van der Waals surface area contributed by atoms with Crippen LogP contribution in [0.3, 0.4) is 0 Å². The highest BCUT2D eigenvalue weighted by Gasteiger charge is 2.31. The Balaban J connectivity index is 4.90. The van der Waals surface area contributed by atoms with Gasteiger partial charge in [0.25, 0.3) is 0 Å². The number of carbonyl (C=O) groups is 4. The third-order valence-electron chi connectivity index (χ3n) is 3.48. The molecule has 0 radical (unpaired) electrons. The van der Waals surface area contributed by atoms with Crippen molar-refractivity contribution in [2.45, 2.75) is 58.7 Å². The molecule has 0 saturated heterocycles. The third-order valence-corrected chi connectivity index (χ3v) is 3.48. The van der Waals surface area contributed by atoms with Crippen molar-refractivity contribution in [1.82, 2.24) is 10.6 Å². The van der Waals surface area contributed by atoms with Gasteiger partial charge < -0.3 is 26.6 Å². The summed E-state index contributed by atoms with van der Waals surface area (Å²) in [5.41, 5.74) is 5.61. The Morgan fingerprint density at radius 2 is 1.33 bits per heavy atom. The first-order valence-electron chi connectivity index (χ1n) is 7.78. The van der Waals surface area contributed by atoms with Crippen molar-refractivity contribution < 1.29 is 29.4 Å². The predicted molar refractivity (Wildman–Crippen MR) is 86.0 cm³/mol. The van der Waals surface area contributed by atoms with Gasteiger partial charge in [0.2, 0.25) is 11.8 Å². The average molecular weight is 345 g/mol. The molecule has 3 unspecified atom stereocenters. The molecular weight excluding hydrogens is 318 g/mol. The Hall–Kier alpha value is -2.16. The number of hydrogen-bond acceptors (Lipinski definition) is 5. The molecule has 0 aromatic heterocycles. The van der Waals surface area contributed by atoms with Gasteiger partial charge in [0, 0.05) is 6.42 Å². The summed E-state index contributed by atoms with van der Waals surface area (Å²) in [7, 11) is 0. The van der Waals surface area contributed by atoms with Crippen LogP contribution in [0.1, 0.15) is 40.5 Å². The van der Waals surface area contributed by atoms with Gasteiger partial charge in [0.1, 0.15) is 12.1 Å². The van der Waals surface area contributed by atoms with Crippen LogP contribution in [0.4, 0.5) is 0 Å². The Morgan fingerprint density at radius 3 is 1.71 bits per heavy atom. The van der Waals surface area contributed by atoms with Gasteiger partial charge in [-0.05, 0) is 18.3 Å². The van der Waals surface area contributed by atoms with Crippen LogP contribution >= 0.6 is 0 Å². The van der Waals surface area contributed by atoms with Crippen molar-refractivity contribution in [3.8, 4) is 0 Å². The fraction of sp³-hybridized carbons (Fsp3) is 0.733. The van der Waals surface area contributed by atoms with Crippen molar-refractivity contribution in [2.75, 3.05) is 0 Å². The highest BCUT2D eigenvalue weighted by molar-refractivity contribution is 5.92. The van der Waals surface area contributed by atoms with E-state index in [9.17, 15) is 19.2 Å². The zero-order valence-corrected chi connectivity index (χ0v) is 14.4. The second-order valence-corrected chi connectivity index (χ2v) is 6.34. The molecule has 0 fully saturated rings. The van der Waals surface area contributed by atoms with Crippen molar-refractivity contribution in [1.29, 1.82) is 0 Å². The molecule has 0 rings (SSSR count). The van der Waals surface area contributed by atoms with E-state index in [0.717, 1.165) is 0 Å². The summed E-state index contributed by atoms with van der Waals surface area (Å²) < 4.78 is 0. The average Bonchev–Trinajstić information content (AvgIpc) is 2.45. The van der Waals surface area contributed by atoms with Gasteiger partial charge in [-0.2, -0.15) is 0 Å². The third kappa shape index (κ3) is 7.40. The van der Waals surface area contributed by atoms with Crippen LogP contribution < -0.4 is 16.4 Å². The monoisotopic (exact) mass is 345 g/mol. The van der Waals surface area contributed by atoms with Crippen molar-refractivity contribution in [3.05, 3.63) is 0 Å². The molecule has 0 aliphatic carbocycles. The van der Waals surface area contributed by atoms with Crippen LogP contribution in [0.25, 0.3) is 0 Å². The second kappa shape index (κ2) is 9.86. The van der Waals surface area contributed by atoms with Crippen molar-refractivity contribution in [2.24, 2.45) is 17.6 Å². The molecule has 0 bridgehead atoms. The Bertz CT molecular complexity index is 478. The number of carboxylic acids is 2. The molecule has 0 spiro atoms. The number of rotatable bonds is 10. The molecule has 0 aliphatic rings. The molecule has 0 aromatic carbocycles. The maximum Gasteiger partial charge on any atom is 0.326 e. The van der Waals surface area contributed by atoms with E-state index in [4.69, 9.17) is 15.9 Å². The van der Waals surface area contributed by atoms with Crippen LogP contribution in [-0.2, 0) is 19.2 Å². The summed E-state index contributed by atoms with van der Waals surface area (Å²) in [6, 6.07) is -3.10. The number of carbonyl (C=O) groups excluding carboxylic acids is 2. The minimum atomic E-state index is -1.16. The normalized spacial score (nSPS) is 14.8. The predicted octanol–water partition coefficient (Wildman–Crippen LogP) is -0.455. The molecule has 0 aromatic rings. The molecule has 0 aliphatic heterocycles. The summed E-state index contributed by atoms with van der Waals surface area (Å²) >= 11 is 0. The Morgan fingerprint density at radius 1 is 0.875 bits per heavy atom. The van der Waals surface area contributed by atoms with Crippen LogP contribution in [0.15, 0.2) is 0 Å². The summed E-state index contributed by atoms with van der Waals surface area (Å²) in [6.45, 7) is 6.70. The minimum absolute atomic E-state index is 0.0582. The molecule has 6 N–H and O–H groups in total. The van der Waals surface area contributed by atoms with Gasteiger partial charge in [-0.15, -0.1) is 0 Å². The van der Waals surface area contributed by atoms with Gasteiger partial charge in [0.05, 0.1) is 6.04 Å². The smallest absolute Gasteiger partial charge is 0.326 e. The van der Waals surface area contributed by atoms with Crippen molar-refractivity contribution in [3.63, 3.8) is 0 Å². The van der Waals surface area contributed by atoms with Gasteiger partial charge in [-0.1, -0.05) is 27.7 Å². The van der Waals surface area contributed by atoms with E-state index >= 15 is 0 Å². The first kappa shape index (κ1) is 21.8. The number of nitrogens with two attached hydrogens (primary N) is 1. The zero-order chi connectivity index (χ0) is 19.0. The molecule has 9 heteroatoms. The number of nitrogens with one attached hydrogen (secondary N) is 2. The fourth-order valence-electron chi connectivity index (χ4n) is 1.96. The van der Waals surface area contributed by atoms with E-state index in [0.29, 0.717) is 0 Å². The van der Waals surface area contributed by atoms with E-state index < -0.39 is 41.9 Å². The van der Waals surface area contributed by atoms with Gasteiger partial charge in [-0.25, -0.2) is 4.79 Å². The molecule has 2 amide bonds. The first-order valence-corrected chi connectivity index (χ1v) is 7.78. The number of aliphatic carboxylic acids is 2. The molecule has 24 heavy (non-hydrogen) atoms. The van der Waals surface area contributed by atoms with Crippen LogP contribution in [-0.4, -0.2) is 52.1 Å². The molecule has 138 valence electrons. The first-order chi connectivity index (χ1) is 11.0. The van der Waals surface area contributed by atoms with Gasteiger partial charge in [0.15, 0.2) is 0 Å². The Labute approximate surface area is 141 Å². The molecular formula is C15H27N3O6. The van der Waals surface area contributed by atoms with Crippen LogP contribution in [0.5, 0.6) is 0 Å². The highest BCUT2D eigenvalue weighted by Crippen LogP contribution is 2.07. The highest BCUT2D eigenvalue weighted by atomic mass is 16.4. The standard InChI is InChI=1S/C15H27N3O6/c1-7(2)11(14(22)18-12(8(3)4)15(23)24)17-13(21)9(16)5-6-10(19)20/h7-9,11-12H,5-6,16H2,1-4H3,(H,17,21)(H,18,22)(H,19,20)(H,23,24). The lowest BCUT2D eigenvalue weighted by molar-refractivity contribution is -0.143. The topological polar surface area (TPSA) is 159 Å². The summed E-state index contributed by atoms with van der Waals surface area (Å²) in [4.78, 5) is 46.0. The maximum absolute atomic E-state index is 12.3. The lowest BCUT2D eigenvalue weighted by Gasteiger charge is -2.26. The van der Waals surface area contributed by atoms with Gasteiger partial charge >= 0.3 is 11.9 Å². The van der Waals surface area contributed by atoms with Crippen LogP contribution in [0, 0.1) is 11.8 Å². The molecule has 3 atom stereocenters. The van der Waals surface area contributed by atoms with Crippen LogP contribution in [0.2, 0.25) is 0 Å². The Kier molecular flexibility index (Phi) is 8.97. The van der Waals surface area contributed by atoms with E-state index in [1.807, 2.05) is 0 Å². The summed E-state index contributed by atoms with van der Waals surface area (Å²) in [5, 5.41) is 22.6. The lowest BCUT2D eigenvalue weighted by atomic mass is 9.99. The SMILES string of the molecule is CC(C)C(NC(=O)C(NC(=O)C(N)CCC(=O)O)C(C)C)C(=O)O. The molecule has 9 nitrogen and oxygen atoms in total. The van der Waals surface area contributed by atoms with Crippen molar-refractivity contribution >= 4 is 23.8 Å². The summed E-state index contributed by atoms with van der Waals surface area (Å²) in [6.07, 6.45) is -0.321. The maximum atomic E-state index is 12.3. The number of hydrogen-bond donors (Lipinski definition) is 5. The molecule has 0 saturated carbocycles.